The van der Waals surface area contributed by atoms with Crippen LogP contribution in [0, 0.1) is 5.92 Å². The zero-order valence-electron chi connectivity index (χ0n) is 23.9. The summed E-state index contributed by atoms with van der Waals surface area (Å²) in [6.45, 7) is 14.7. The van der Waals surface area contributed by atoms with Gasteiger partial charge in [0.2, 0.25) is 11.6 Å². The van der Waals surface area contributed by atoms with Crippen LogP contribution in [0.5, 0.6) is 0 Å². The van der Waals surface area contributed by atoms with Crippen LogP contribution in [-0.2, 0) is 23.8 Å². The summed E-state index contributed by atoms with van der Waals surface area (Å²) in [5.41, 5.74) is 0. The molecule has 0 spiro atoms. The molecule has 2 aromatic rings. The molecule has 0 atom stereocenters. The van der Waals surface area contributed by atoms with Crippen molar-refractivity contribution in [1.82, 2.24) is 19.9 Å². The summed E-state index contributed by atoms with van der Waals surface area (Å²) in [6, 6.07) is 3.23. The van der Waals surface area contributed by atoms with E-state index in [0.717, 1.165) is 0 Å². The Hall–Kier alpha value is -2.16. The largest absolute Gasteiger partial charge is 1.00 e. The van der Waals surface area contributed by atoms with Crippen LogP contribution in [-0.4, -0.2) is 68.4 Å². The average molecular weight is 562 g/mol. The minimum Gasteiger partial charge on any atom is -0.870 e. The van der Waals surface area contributed by atoms with Gasteiger partial charge >= 0.3 is 69.3 Å². The standard InChI is InChI=1S/C10H12N2O3.C6H6N2O2.C5H10O2.C4H9.K.H2O/c1-7(2)15-9(14)6-8(13)10-11-4-3-5-12-10;1-10-6(9)5-7-3-2-4-8-5;1-4(2)7-5(3)6;1-4(2)3;;/h3-5,7H,6H2,1-2H3;2-4H,1H3;4H,1-3H3;1-3H3;;1H2/q;;;-1;+1;/p-1. The van der Waals surface area contributed by atoms with Crippen molar-refractivity contribution < 1.29 is 90.2 Å². The Labute approximate surface area is 267 Å². The van der Waals surface area contributed by atoms with Gasteiger partial charge in [0, 0.05) is 31.7 Å². The molecule has 0 aliphatic carbocycles. The molecule has 0 bridgehead atoms. The van der Waals surface area contributed by atoms with Gasteiger partial charge in [-0.05, 0) is 39.8 Å². The molecule has 0 saturated heterocycles. The van der Waals surface area contributed by atoms with Gasteiger partial charge < -0.3 is 25.6 Å². The van der Waals surface area contributed by atoms with E-state index in [0.29, 0.717) is 0 Å². The predicted octanol–water partition coefficient (Wildman–Crippen LogP) is 0.670. The SMILES string of the molecule is CC(=O)OC(C)C.CC(C)OC(=O)CC(=O)c1ncccn1.COC(=O)c1ncccn1.C[C-](C)C.[K+].[OH-]. The molecule has 2 aromatic heterocycles. The van der Waals surface area contributed by atoms with Gasteiger partial charge in [-0.15, -0.1) is 0 Å². The Kier molecular flexibility index (Phi) is 29.9. The van der Waals surface area contributed by atoms with Gasteiger partial charge in [0.25, 0.3) is 0 Å². The molecule has 12 nitrogen and oxygen atoms in total. The van der Waals surface area contributed by atoms with E-state index in [1.54, 1.807) is 26.0 Å². The first-order valence-electron chi connectivity index (χ1n) is 11.1. The molecular weight excluding hydrogens is 523 g/mol. The number of ether oxygens (including phenoxy) is 3. The molecule has 13 heteroatoms. The number of methoxy groups -OCH3 is 1. The summed E-state index contributed by atoms with van der Waals surface area (Å²) >= 11 is 0. The van der Waals surface area contributed by atoms with Gasteiger partial charge in [0.1, 0.15) is 6.42 Å². The Morgan fingerprint density at radius 1 is 0.789 bits per heavy atom. The molecule has 2 rings (SSSR count). The molecule has 38 heavy (non-hydrogen) atoms. The fourth-order valence-electron chi connectivity index (χ4n) is 1.79. The Balaban J connectivity index is -0.000000219. The third-order valence-electron chi connectivity index (χ3n) is 2.82. The maximum atomic E-state index is 11.4. The molecule has 208 valence electrons. The number of carbonyl (C=O) groups excluding carboxylic acids is 4. The predicted molar refractivity (Wildman–Crippen MR) is 135 cm³/mol. The third kappa shape index (κ3) is 28.4. The van der Waals surface area contributed by atoms with Gasteiger partial charge in [-0.2, -0.15) is 20.8 Å². The molecule has 0 aliphatic rings. The van der Waals surface area contributed by atoms with Crippen LogP contribution >= 0.6 is 0 Å². The first kappa shape index (κ1) is 42.9. The number of esters is 3. The molecule has 0 unspecified atom stereocenters. The number of carbonyl (C=O) groups is 4. The third-order valence-corrected chi connectivity index (χ3v) is 2.82. The Morgan fingerprint density at radius 3 is 1.45 bits per heavy atom. The number of hydrogen-bond donors (Lipinski definition) is 0. The van der Waals surface area contributed by atoms with Gasteiger partial charge in [0.05, 0.1) is 19.3 Å². The van der Waals surface area contributed by atoms with Crippen molar-refractivity contribution in [2.24, 2.45) is 0 Å². The number of Topliss-reactive ketones (excluding diaryl/α,β-unsaturated/α-hetero) is 1. The van der Waals surface area contributed by atoms with Gasteiger partial charge in [0.15, 0.2) is 5.82 Å². The molecule has 0 saturated carbocycles. The van der Waals surface area contributed by atoms with Gasteiger partial charge in [-0.1, -0.05) is 0 Å². The molecule has 0 radical (unpaired) electrons. The fraction of sp³-hybridized carbons (Fsp3) is 0.480. The van der Waals surface area contributed by atoms with E-state index in [2.05, 4.69) is 50.2 Å². The molecule has 0 amide bonds. The van der Waals surface area contributed by atoms with Crippen molar-refractivity contribution in [2.75, 3.05) is 7.11 Å². The van der Waals surface area contributed by atoms with Crippen molar-refractivity contribution in [3.63, 3.8) is 0 Å². The van der Waals surface area contributed by atoms with Crippen LogP contribution in [0.4, 0.5) is 0 Å². The van der Waals surface area contributed by atoms with Crippen LogP contribution in [0.15, 0.2) is 36.9 Å². The van der Waals surface area contributed by atoms with E-state index in [9.17, 15) is 19.2 Å². The summed E-state index contributed by atoms with van der Waals surface area (Å²) in [7, 11) is 1.29. The molecule has 2 heterocycles. The van der Waals surface area contributed by atoms with Crippen LogP contribution in [0.1, 0.15) is 83.0 Å². The van der Waals surface area contributed by atoms with E-state index in [-0.39, 0.29) is 93.1 Å². The zero-order chi connectivity index (χ0) is 28.1. The molecule has 0 aliphatic heterocycles. The molecular formula is C25H38KN4O8-. The Morgan fingerprint density at radius 2 is 1.16 bits per heavy atom. The van der Waals surface area contributed by atoms with Crippen LogP contribution in [0.2, 0.25) is 0 Å². The summed E-state index contributed by atoms with van der Waals surface area (Å²) in [5.74, 6) is -0.164. The monoisotopic (exact) mass is 561 g/mol. The van der Waals surface area contributed by atoms with E-state index >= 15 is 0 Å². The second-order valence-electron chi connectivity index (χ2n) is 7.93. The summed E-state index contributed by atoms with van der Waals surface area (Å²) in [4.78, 5) is 58.1. The number of ketones is 1. The molecule has 1 N–H and O–H groups in total. The number of aromatic nitrogens is 4. The van der Waals surface area contributed by atoms with Crippen LogP contribution < -0.4 is 51.4 Å². The van der Waals surface area contributed by atoms with Gasteiger partial charge in [-0.3, -0.25) is 14.4 Å². The average Bonchev–Trinajstić information content (AvgIpc) is 2.78. The first-order valence-corrected chi connectivity index (χ1v) is 11.1. The van der Waals surface area contributed by atoms with Crippen molar-refractivity contribution in [2.45, 2.75) is 74.0 Å². The van der Waals surface area contributed by atoms with Crippen molar-refractivity contribution in [1.29, 1.82) is 0 Å². The second kappa shape index (κ2) is 26.4. The zero-order valence-corrected chi connectivity index (χ0v) is 27.0. The fourth-order valence-corrected chi connectivity index (χ4v) is 1.79. The van der Waals surface area contributed by atoms with Crippen LogP contribution in [0.3, 0.4) is 0 Å². The molecule has 0 aromatic carbocycles. The Bertz CT molecular complexity index is 896. The van der Waals surface area contributed by atoms with E-state index in [1.807, 2.05) is 13.8 Å². The molecule has 0 fully saturated rings. The van der Waals surface area contributed by atoms with E-state index in [4.69, 9.17) is 4.74 Å². The number of hydrogen-bond acceptors (Lipinski definition) is 12. The van der Waals surface area contributed by atoms with Gasteiger partial charge in [-0.25, -0.2) is 24.7 Å². The van der Waals surface area contributed by atoms with E-state index in [1.165, 1.54) is 44.7 Å². The summed E-state index contributed by atoms with van der Waals surface area (Å²) in [6.07, 6.45) is 5.36. The topological polar surface area (TPSA) is 178 Å². The first-order chi connectivity index (χ1) is 16.8. The normalized spacial score (nSPS) is 8.95. The number of rotatable bonds is 6. The van der Waals surface area contributed by atoms with Crippen molar-refractivity contribution in [3.8, 4) is 0 Å². The summed E-state index contributed by atoms with van der Waals surface area (Å²) in [5, 5.41) is 0. The smallest absolute Gasteiger partial charge is 0.870 e. The minimum atomic E-state index is -0.553. The quantitative estimate of drug-likeness (QED) is 0.120. The van der Waals surface area contributed by atoms with E-state index < -0.39 is 17.7 Å². The van der Waals surface area contributed by atoms with Crippen molar-refractivity contribution in [3.05, 3.63) is 54.5 Å². The maximum Gasteiger partial charge on any atom is 1.00 e. The second-order valence-corrected chi connectivity index (χ2v) is 7.93. The maximum absolute atomic E-state index is 11.4. The summed E-state index contributed by atoms with van der Waals surface area (Å²) < 4.78 is 13.8. The van der Waals surface area contributed by atoms with Crippen molar-refractivity contribution >= 4 is 23.7 Å². The number of nitrogens with zero attached hydrogens (tertiary/aromatic N) is 4. The minimum absolute atomic E-state index is 0. The van der Waals surface area contributed by atoms with Crippen LogP contribution in [0.25, 0.3) is 0 Å².